The van der Waals surface area contributed by atoms with Gasteiger partial charge in [0.25, 0.3) is 0 Å². The maximum absolute atomic E-state index is 13.6. The van der Waals surface area contributed by atoms with E-state index in [1.807, 2.05) is 12.1 Å². The van der Waals surface area contributed by atoms with E-state index < -0.39 is 0 Å². The Bertz CT molecular complexity index is 661. The number of para-hydroxylation sites is 1. The van der Waals surface area contributed by atoms with Crippen LogP contribution in [-0.4, -0.2) is 6.04 Å². The first-order valence-electron chi connectivity index (χ1n) is 6.77. The fourth-order valence-corrected chi connectivity index (χ4v) is 2.49. The van der Waals surface area contributed by atoms with Crippen molar-refractivity contribution in [2.24, 2.45) is 0 Å². The average Bonchev–Trinajstić information content (AvgIpc) is 3.28. The quantitative estimate of drug-likeness (QED) is 0.772. The lowest BCUT2D eigenvalue weighted by molar-refractivity contribution is 0.467. The van der Waals surface area contributed by atoms with Gasteiger partial charge < -0.3 is 10.1 Å². The molecule has 0 aromatic heterocycles. The van der Waals surface area contributed by atoms with Gasteiger partial charge in [0.1, 0.15) is 17.3 Å². The molecule has 1 aliphatic rings. The van der Waals surface area contributed by atoms with Crippen LogP contribution < -0.4 is 10.1 Å². The zero-order chi connectivity index (χ0) is 14.8. The Morgan fingerprint density at radius 2 is 2.10 bits per heavy atom. The first-order valence-corrected chi connectivity index (χ1v) is 7.94. The van der Waals surface area contributed by atoms with E-state index in [0.29, 0.717) is 33.6 Å². The summed E-state index contributed by atoms with van der Waals surface area (Å²) in [6.45, 7) is 0.694. The summed E-state index contributed by atoms with van der Waals surface area (Å²) in [5.41, 5.74) is 0.970. The molecule has 1 fully saturated rings. The highest BCUT2D eigenvalue weighted by atomic mass is 79.9. The molecule has 0 saturated heterocycles. The maximum Gasteiger partial charge on any atom is 0.150 e. The van der Waals surface area contributed by atoms with Gasteiger partial charge in [0.2, 0.25) is 0 Å². The second-order valence-electron chi connectivity index (χ2n) is 5.06. The Balaban J connectivity index is 1.83. The Hall–Kier alpha value is -1.10. The monoisotopic (exact) mass is 369 g/mol. The third kappa shape index (κ3) is 3.76. The van der Waals surface area contributed by atoms with Crippen molar-refractivity contribution in [3.05, 3.63) is 57.3 Å². The summed E-state index contributed by atoms with van der Waals surface area (Å²) >= 11 is 9.35. The highest BCUT2D eigenvalue weighted by Gasteiger charge is 2.21. The van der Waals surface area contributed by atoms with E-state index in [-0.39, 0.29) is 5.82 Å². The second-order valence-corrected chi connectivity index (χ2v) is 6.32. The van der Waals surface area contributed by atoms with Crippen LogP contribution in [0.1, 0.15) is 18.4 Å². The minimum absolute atomic E-state index is 0.364. The van der Waals surface area contributed by atoms with Gasteiger partial charge in [-0.2, -0.15) is 0 Å². The highest BCUT2D eigenvalue weighted by molar-refractivity contribution is 9.10. The first kappa shape index (κ1) is 14.8. The first-order chi connectivity index (χ1) is 10.1. The molecule has 3 rings (SSSR count). The van der Waals surface area contributed by atoms with Crippen molar-refractivity contribution in [3.63, 3.8) is 0 Å². The van der Waals surface area contributed by atoms with Crippen molar-refractivity contribution >= 4 is 27.5 Å². The molecule has 1 aliphatic carbocycles. The molecule has 0 unspecified atom stereocenters. The number of hydrogen-bond donors (Lipinski definition) is 1. The van der Waals surface area contributed by atoms with E-state index in [2.05, 4.69) is 21.2 Å². The van der Waals surface area contributed by atoms with Gasteiger partial charge >= 0.3 is 0 Å². The van der Waals surface area contributed by atoms with Crippen molar-refractivity contribution in [3.8, 4) is 11.5 Å². The van der Waals surface area contributed by atoms with Crippen molar-refractivity contribution in [1.29, 1.82) is 0 Å². The van der Waals surface area contributed by atoms with Gasteiger partial charge in [-0.05, 0) is 47.0 Å². The predicted octanol–water partition coefficient (Wildman–Crippen LogP) is 5.29. The summed E-state index contributed by atoms with van der Waals surface area (Å²) in [6.07, 6.45) is 2.43. The van der Waals surface area contributed by atoms with Crippen molar-refractivity contribution < 1.29 is 9.13 Å². The van der Waals surface area contributed by atoms with Crippen LogP contribution in [0.4, 0.5) is 4.39 Å². The minimum atomic E-state index is -0.364. The molecule has 2 aromatic rings. The molecule has 0 spiro atoms. The fraction of sp³-hybridized carbons (Fsp3) is 0.250. The number of ether oxygens (including phenoxy) is 1. The van der Waals surface area contributed by atoms with Gasteiger partial charge in [-0.1, -0.05) is 23.7 Å². The summed E-state index contributed by atoms with van der Waals surface area (Å²) in [4.78, 5) is 0. The van der Waals surface area contributed by atoms with Gasteiger partial charge in [0, 0.05) is 24.2 Å². The molecule has 0 amide bonds. The summed E-state index contributed by atoms with van der Waals surface area (Å²) in [6, 6.07) is 10.9. The Morgan fingerprint density at radius 3 is 2.81 bits per heavy atom. The van der Waals surface area contributed by atoms with E-state index in [9.17, 15) is 4.39 Å². The van der Waals surface area contributed by atoms with E-state index in [1.54, 1.807) is 18.2 Å². The molecule has 21 heavy (non-hydrogen) atoms. The number of rotatable bonds is 5. The number of hydrogen-bond acceptors (Lipinski definition) is 2. The zero-order valence-electron chi connectivity index (χ0n) is 11.2. The summed E-state index contributed by atoms with van der Waals surface area (Å²) in [7, 11) is 0. The van der Waals surface area contributed by atoms with E-state index in [0.717, 1.165) is 5.56 Å². The smallest absolute Gasteiger partial charge is 0.150 e. The number of halogens is 3. The number of benzene rings is 2. The molecular weight excluding hydrogens is 357 g/mol. The molecular formula is C16H14BrClFNO. The van der Waals surface area contributed by atoms with Crippen molar-refractivity contribution in [2.75, 3.05) is 0 Å². The third-order valence-corrected chi connectivity index (χ3v) is 4.26. The van der Waals surface area contributed by atoms with Gasteiger partial charge in [0.05, 0.1) is 9.50 Å². The lowest BCUT2D eigenvalue weighted by atomic mass is 10.2. The lowest BCUT2D eigenvalue weighted by Gasteiger charge is -2.13. The van der Waals surface area contributed by atoms with Crippen LogP contribution in [0.2, 0.25) is 5.02 Å². The third-order valence-electron chi connectivity index (χ3n) is 3.32. The largest absolute Gasteiger partial charge is 0.455 e. The summed E-state index contributed by atoms with van der Waals surface area (Å²) in [5, 5.41) is 3.95. The minimum Gasteiger partial charge on any atom is -0.455 e. The van der Waals surface area contributed by atoms with Crippen LogP contribution in [-0.2, 0) is 6.54 Å². The van der Waals surface area contributed by atoms with Crippen LogP contribution in [0.15, 0.2) is 40.9 Å². The molecule has 0 radical (unpaired) electrons. The molecule has 110 valence electrons. The average molecular weight is 371 g/mol. The van der Waals surface area contributed by atoms with E-state index in [4.69, 9.17) is 16.3 Å². The molecule has 0 aliphatic heterocycles. The van der Waals surface area contributed by atoms with E-state index in [1.165, 1.54) is 18.9 Å². The Morgan fingerprint density at radius 1 is 1.29 bits per heavy atom. The molecule has 1 saturated carbocycles. The molecule has 0 atom stereocenters. The normalized spacial score (nSPS) is 14.2. The van der Waals surface area contributed by atoms with Crippen LogP contribution in [0, 0.1) is 5.82 Å². The van der Waals surface area contributed by atoms with Crippen LogP contribution >= 0.6 is 27.5 Å². The van der Waals surface area contributed by atoms with Crippen molar-refractivity contribution in [2.45, 2.75) is 25.4 Å². The topological polar surface area (TPSA) is 21.3 Å². The van der Waals surface area contributed by atoms with Gasteiger partial charge in [-0.3, -0.25) is 0 Å². The standard InChI is InChI=1S/C16H14BrClFNO/c17-13-7-6-12(8-15(13)19)21-16-10(2-1-3-14(16)18)9-20-11-4-5-11/h1-3,6-8,11,20H,4-5,9H2. The van der Waals surface area contributed by atoms with Crippen LogP contribution in [0.25, 0.3) is 0 Å². The molecule has 0 heterocycles. The maximum atomic E-state index is 13.6. The Kier molecular flexibility index (Phi) is 4.48. The summed E-state index contributed by atoms with van der Waals surface area (Å²) < 4.78 is 19.8. The molecule has 5 heteroatoms. The van der Waals surface area contributed by atoms with Crippen LogP contribution in [0.5, 0.6) is 11.5 Å². The SMILES string of the molecule is Fc1cc(Oc2c(Cl)cccc2CNC2CC2)ccc1Br. The summed E-state index contributed by atoms with van der Waals surface area (Å²) in [5.74, 6) is 0.641. The molecule has 2 aromatic carbocycles. The molecule has 1 N–H and O–H groups in total. The molecule has 0 bridgehead atoms. The Labute approximate surface area is 136 Å². The van der Waals surface area contributed by atoms with Gasteiger partial charge in [-0.15, -0.1) is 0 Å². The molecule has 2 nitrogen and oxygen atoms in total. The highest BCUT2D eigenvalue weighted by Crippen LogP contribution is 2.34. The van der Waals surface area contributed by atoms with Gasteiger partial charge in [0.15, 0.2) is 0 Å². The fourth-order valence-electron chi connectivity index (χ4n) is 2.01. The lowest BCUT2D eigenvalue weighted by Crippen LogP contribution is -2.15. The van der Waals surface area contributed by atoms with E-state index >= 15 is 0 Å². The number of nitrogens with one attached hydrogen (secondary N) is 1. The predicted molar refractivity (Wildman–Crippen MR) is 85.5 cm³/mol. The van der Waals surface area contributed by atoms with Gasteiger partial charge in [-0.25, -0.2) is 4.39 Å². The zero-order valence-corrected chi connectivity index (χ0v) is 13.5. The second kappa shape index (κ2) is 6.34. The van der Waals surface area contributed by atoms with Crippen molar-refractivity contribution in [1.82, 2.24) is 5.32 Å². The van der Waals surface area contributed by atoms with Crippen LogP contribution in [0.3, 0.4) is 0 Å².